The zero-order chi connectivity index (χ0) is 16.1. The number of hydrogen-bond acceptors (Lipinski definition) is 3. The summed E-state index contributed by atoms with van der Waals surface area (Å²) in [5.41, 5.74) is 0. The molecule has 6 heteroatoms. The number of guanidine groups is 1. The average molecular weight is 304 g/mol. The van der Waals surface area contributed by atoms with E-state index in [0.29, 0.717) is 18.4 Å². The van der Waals surface area contributed by atoms with Gasteiger partial charge in [0.2, 0.25) is 0 Å². The summed E-state index contributed by atoms with van der Waals surface area (Å²) in [5, 5.41) is 11.6. The third kappa shape index (κ3) is 4.08. The van der Waals surface area contributed by atoms with Crippen molar-refractivity contribution in [3.63, 3.8) is 0 Å². The lowest BCUT2D eigenvalue weighted by Gasteiger charge is -2.37. The molecule has 2 atom stereocenters. The van der Waals surface area contributed by atoms with Gasteiger partial charge < -0.3 is 14.8 Å². The first-order valence-corrected chi connectivity index (χ1v) is 8.00. The van der Waals surface area contributed by atoms with Crippen molar-refractivity contribution in [3.05, 3.63) is 24.3 Å². The quantitative estimate of drug-likeness (QED) is 0.523. The van der Waals surface area contributed by atoms with Crippen molar-refractivity contribution in [2.24, 2.45) is 23.9 Å². The predicted molar refractivity (Wildman–Crippen MR) is 89.6 cm³/mol. The Morgan fingerprint density at radius 3 is 2.59 bits per heavy atom. The van der Waals surface area contributed by atoms with Crippen LogP contribution in [0.1, 0.15) is 31.9 Å². The number of aliphatic imine (C=N–C) groups is 1. The molecule has 122 valence electrons. The topological polar surface area (TPSA) is 58.3 Å². The minimum Gasteiger partial charge on any atom is -0.353 e. The van der Waals surface area contributed by atoms with E-state index >= 15 is 0 Å². The highest BCUT2D eigenvalue weighted by atomic mass is 15.3. The van der Waals surface area contributed by atoms with Crippen molar-refractivity contribution < 1.29 is 0 Å². The number of piperidine rings is 1. The molecule has 1 saturated heterocycles. The van der Waals surface area contributed by atoms with E-state index in [9.17, 15) is 0 Å². The van der Waals surface area contributed by atoms with Crippen molar-refractivity contribution in [1.82, 2.24) is 25.0 Å². The molecule has 2 unspecified atom stereocenters. The van der Waals surface area contributed by atoms with Gasteiger partial charge in [-0.05, 0) is 25.2 Å². The molecule has 0 amide bonds. The maximum Gasteiger partial charge on any atom is 0.194 e. The fourth-order valence-electron chi connectivity index (χ4n) is 3.00. The van der Waals surface area contributed by atoms with Crippen LogP contribution in [0.3, 0.4) is 0 Å². The van der Waals surface area contributed by atoms with Crippen LogP contribution >= 0.6 is 0 Å². The van der Waals surface area contributed by atoms with Crippen LogP contribution in [0.25, 0.3) is 0 Å². The van der Waals surface area contributed by atoms with Crippen LogP contribution in [0.5, 0.6) is 0 Å². The van der Waals surface area contributed by atoms with Crippen LogP contribution in [0.15, 0.2) is 17.6 Å². The lowest BCUT2D eigenvalue weighted by atomic mass is 9.92. The van der Waals surface area contributed by atoms with E-state index in [1.807, 2.05) is 24.6 Å². The first kappa shape index (κ1) is 16.5. The number of hydrogen-bond donors (Lipinski definition) is 1. The van der Waals surface area contributed by atoms with Crippen LogP contribution in [0.4, 0.5) is 0 Å². The first-order valence-electron chi connectivity index (χ1n) is 8.00. The van der Waals surface area contributed by atoms with Gasteiger partial charge in [0.25, 0.3) is 0 Å². The van der Waals surface area contributed by atoms with E-state index in [2.05, 4.69) is 40.8 Å². The number of nitrogens with one attached hydrogen (secondary N) is 1. The number of aromatic nitrogens is 3. The molecule has 0 radical (unpaired) electrons. The molecule has 6 nitrogen and oxygen atoms in total. The summed E-state index contributed by atoms with van der Waals surface area (Å²) < 4.78 is 1.98. The Bertz CT molecular complexity index is 523. The Morgan fingerprint density at radius 2 is 2.05 bits per heavy atom. The van der Waals surface area contributed by atoms with E-state index in [1.54, 1.807) is 0 Å². The molecule has 1 N–H and O–H groups in total. The summed E-state index contributed by atoms with van der Waals surface area (Å²) in [6.45, 7) is 13.7. The fourth-order valence-corrected chi connectivity index (χ4v) is 3.00. The number of nitrogens with zero attached hydrogens (tertiary/aromatic N) is 5. The normalized spacial score (nSPS) is 22.7. The van der Waals surface area contributed by atoms with Gasteiger partial charge >= 0.3 is 0 Å². The van der Waals surface area contributed by atoms with Gasteiger partial charge in [-0.2, -0.15) is 0 Å². The molecular formula is C16H28N6. The SMILES string of the molecule is C=CCNC(=NCc1nnc(C)n1C)N1CC(C)CC(C)C1. The number of aryl methyl sites for hydroxylation is 1. The van der Waals surface area contributed by atoms with E-state index in [-0.39, 0.29) is 0 Å². The molecule has 0 bridgehead atoms. The highest BCUT2D eigenvalue weighted by Crippen LogP contribution is 2.21. The number of rotatable bonds is 4. The van der Waals surface area contributed by atoms with Crippen molar-refractivity contribution in [2.45, 2.75) is 33.7 Å². The van der Waals surface area contributed by atoms with Crippen LogP contribution in [0.2, 0.25) is 0 Å². The Labute approximate surface area is 133 Å². The Kier molecular flexibility index (Phi) is 5.57. The van der Waals surface area contributed by atoms with E-state index in [4.69, 9.17) is 4.99 Å². The van der Waals surface area contributed by atoms with Gasteiger partial charge in [-0.3, -0.25) is 0 Å². The molecule has 0 saturated carbocycles. The predicted octanol–water partition coefficient (Wildman–Crippen LogP) is 1.73. The van der Waals surface area contributed by atoms with Crippen LogP contribution in [-0.4, -0.2) is 45.3 Å². The van der Waals surface area contributed by atoms with Gasteiger partial charge in [0, 0.05) is 26.7 Å². The van der Waals surface area contributed by atoms with Gasteiger partial charge in [0.1, 0.15) is 12.4 Å². The first-order chi connectivity index (χ1) is 10.5. The average Bonchev–Trinajstić information content (AvgIpc) is 2.78. The van der Waals surface area contributed by atoms with Crippen LogP contribution in [0, 0.1) is 18.8 Å². The summed E-state index contributed by atoms with van der Waals surface area (Å²) in [7, 11) is 1.97. The summed E-state index contributed by atoms with van der Waals surface area (Å²) in [6, 6.07) is 0. The minimum atomic E-state index is 0.538. The maximum atomic E-state index is 4.76. The van der Waals surface area contributed by atoms with Gasteiger partial charge in [-0.25, -0.2) is 4.99 Å². The Balaban J connectivity index is 2.12. The summed E-state index contributed by atoms with van der Waals surface area (Å²) in [6.07, 6.45) is 3.15. The molecule has 1 aromatic heterocycles. The molecule has 2 heterocycles. The smallest absolute Gasteiger partial charge is 0.194 e. The highest BCUT2D eigenvalue weighted by Gasteiger charge is 2.24. The highest BCUT2D eigenvalue weighted by molar-refractivity contribution is 5.80. The third-order valence-electron chi connectivity index (χ3n) is 4.13. The summed E-state index contributed by atoms with van der Waals surface area (Å²) >= 11 is 0. The van der Waals surface area contributed by atoms with Gasteiger partial charge in [0.05, 0.1) is 0 Å². The van der Waals surface area contributed by atoms with Gasteiger partial charge in [-0.1, -0.05) is 19.9 Å². The minimum absolute atomic E-state index is 0.538. The molecule has 0 aliphatic carbocycles. The van der Waals surface area contributed by atoms with Crippen LogP contribution in [-0.2, 0) is 13.6 Å². The largest absolute Gasteiger partial charge is 0.353 e. The molecule has 1 fully saturated rings. The Hall–Kier alpha value is -1.85. The lowest BCUT2D eigenvalue weighted by molar-refractivity contribution is 0.208. The molecule has 22 heavy (non-hydrogen) atoms. The molecule has 0 aromatic carbocycles. The van der Waals surface area contributed by atoms with Crippen molar-refractivity contribution in [2.75, 3.05) is 19.6 Å². The standard InChI is InChI=1S/C16H28N6/c1-6-7-17-16(22-10-12(2)8-13(3)11-22)18-9-15-20-19-14(4)21(15)5/h6,12-13H,1,7-11H2,2-5H3,(H,17,18). The van der Waals surface area contributed by atoms with Crippen molar-refractivity contribution >= 4 is 5.96 Å². The molecule has 2 rings (SSSR count). The second-order valence-electron chi connectivity index (χ2n) is 6.38. The zero-order valence-corrected chi connectivity index (χ0v) is 14.2. The summed E-state index contributed by atoms with van der Waals surface area (Å²) in [5.74, 6) is 4.12. The summed E-state index contributed by atoms with van der Waals surface area (Å²) in [4.78, 5) is 7.11. The second kappa shape index (κ2) is 7.42. The molecule has 1 aliphatic heterocycles. The maximum absolute atomic E-state index is 4.76. The van der Waals surface area contributed by atoms with Crippen LogP contribution < -0.4 is 5.32 Å². The molecular weight excluding hydrogens is 276 g/mol. The van der Waals surface area contributed by atoms with E-state index in [1.165, 1.54) is 6.42 Å². The van der Waals surface area contributed by atoms with E-state index < -0.39 is 0 Å². The van der Waals surface area contributed by atoms with E-state index in [0.717, 1.165) is 37.2 Å². The lowest BCUT2D eigenvalue weighted by Crippen LogP contribution is -2.48. The number of likely N-dealkylation sites (tertiary alicyclic amines) is 1. The third-order valence-corrected chi connectivity index (χ3v) is 4.13. The molecule has 1 aliphatic rings. The Morgan fingerprint density at radius 1 is 1.36 bits per heavy atom. The zero-order valence-electron chi connectivity index (χ0n) is 14.2. The second-order valence-corrected chi connectivity index (χ2v) is 6.38. The molecule has 0 spiro atoms. The van der Waals surface area contributed by atoms with Gasteiger partial charge in [0.15, 0.2) is 11.8 Å². The monoisotopic (exact) mass is 304 g/mol. The molecule has 1 aromatic rings. The van der Waals surface area contributed by atoms with Crippen molar-refractivity contribution in [1.29, 1.82) is 0 Å². The van der Waals surface area contributed by atoms with Crippen molar-refractivity contribution in [3.8, 4) is 0 Å². The fraction of sp³-hybridized carbons (Fsp3) is 0.688. The van der Waals surface area contributed by atoms with Gasteiger partial charge in [-0.15, -0.1) is 16.8 Å².